The van der Waals surface area contributed by atoms with Crippen LogP contribution in [0.4, 0.5) is 0 Å². The van der Waals surface area contributed by atoms with E-state index in [0.717, 1.165) is 19.1 Å². The number of aromatic amines is 1. The van der Waals surface area contributed by atoms with Gasteiger partial charge in [-0.2, -0.15) is 5.10 Å². The van der Waals surface area contributed by atoms with Gasteiger partial charge in [-0.15, -0.1) is 0 Å². The number of carbonyl (C=O) groups excluding carboxylic acids is 1. The third-order valence-electron chi connectivity index (χ3n) is 3.33. The van der Waals surface area contributed by atoms with E-state index in [1.807, 2.05) is 6.92 Å². The standard InChI is InChI=1S/C16H17ClN4O3S/c1-2-3-7-13(22)20-18-9-12-14(23)19-16(25)21(15(12)24)11-6-4-5-10(17)8-11/h4-6,8-9,24H,2-3,7H2,1H3,(H,20,22)(H,19,23,25). The van der Waals surface area contributed by atoms with Gasteiger partial charge in [-0.3, -0.25) is 19.1 Å². The number of H-pyrrole nitrogens is 1. The van der Waals surface area contributed by atoms with Gasteiger partial charge < -0.3 is 5.11 Å². The number of amides is 1. The second-order valence-electron chi connectivity index (χ2n) is 5.21. The molecule has 0 atom stereocenters. The van der Waals surface area contributed by atoms with Crippen molar-refractivity contribution >= 4 is 35.9 Å². The molecule has 132 valence electrons. The molecule has 3 N–H and O–H groups in total. The van der Waals surface area contributed by atoms with Crippen molar-refractivity contribution in [3.8, 4) is 11.6 Å². The minimum atomic E-state index is -0.618. The summed E-state index contributed by atoms with van der Waals surface area (Å²) >= 11 is 11.1. The Morgan fingerprint density at radius 1 is 1.52 bits per heavy atom. The molecule has 0 bridgehead atoms. The van der Waals surface area contributed by atoms with Crippen LogP contribution < -0.4 is 11.0 Å². The zero-order chi connectivity index (χ0) is 18.4. The number of unbranched alkanes of at least 4 members (excludes halogenated alkanes) is 1. The van der Waals surface area contributed by atoms with Crippen molar-refractivity contribution in [3.63, 3.8) is 0 Å². The number of rotatable bonds is 6. The first-order chi connectivity index (χ1) is 11.9. The van der Waals surface area contributed by atoms with Crippen LogP contribution in [-0.4, -0.2) is 26.8 Å². The van der Waals surface area contributed by atoms with Crippen LogP contribution >= 0.6 is 23.8 Å². The topological polar surface area (TPSA) is 99.5 Å². The van der Waals surface area contributed by atoms with Gasteiger partial charge in [0, 0.05) is 11.4 Å². The lowest BCUT2D eigenvalue weighted by atomic mass is 10.2. The van der Waals surface area contributed by atoms with E-state index >= 15 is 0 Å². The number of benzene rings is 1. The van der Waals surface area contributed by atoms with Gasteiger partial charge in [-0.25, -0.2) is 5.43 Å². The molecule has 1 amide bonds. The Kier molecular flexibility index (Phi) is 6.49. The van der Waals surface area contributed by atoms with Crippen molar-refractivity contribution < 1.29 is 9.90 Å². The molecule has 1 aromatic heterocycles. The van der Waals surface area contributed by atoms with E-state index in [1.165, 1.54) is 4.57 Å². The summed E-state index contributed by atoms with van der Waals surface area (Å²) in [5.74, 6) is -0.667. The summed E-state index contributed by atoms with van der Waals surface area (Å²) in [6, 6.07) is 6.62. The van der Waals surface area contributed by atoms with Gasteiger partial charge in [0.15, 0.2) is 4.77 Å². The Hall–Kier alpha value is -2.45. The molecule has 0 spiro atoms. The van der Waals surface area contributed by atoms with E-state index in [9.17, 15) is 14.7 Å². The van der Waals surface area contributed by atoms with Crippen LogP contribution in [0, 0.1) is 4.77 Å². The van der Waals surface area contributed by atoms with Crippen molar-refractivity contribution in [3.05, 3.63) is 50.0 Å². The maximum atomic E-state index is 12.0. The molecule has 25 heavy (non-hydrogen) atoms. The van der Waals surface area contributed by atoms with Crippen molar-refractivity contribution in [1.82, 2.24) is 15.0 Å². The fourth-order valence-electron chi connectivity index (χ4n) is 2.07. The monoisotopic (exact) mass is 380 g/mol. The fraction of sp³-hybridized carbons (Fsp3) is 0.250. The molecule has 7 nitrogen and oxygen atoms in total. The summed E-state index contributed by atoms with van der Waals surface area (Å²) in [5, 5.41) is 14.6. The Bertz CT molecular complexity index is 920. The van der Waals surface area contributed by atoms with E-state index in [-0.39, 0.29) is 16.2 Å². The van der Waals surface area contributed by atoms with Crippen LogP contribution in [0.5, 0.6) is 5.88 Å². The predicted octanol–water partition coefficient (Wildman–Crippen LogP) is 2.89. The van der Waals surface area contributed by atoms with Crippen LogP contribution in [0.15, 0.2) is 34.2 Å². The molecule has 0 saturated heterocycles. The van der Waals surface area contributed by atoms with Gasteiger partial charge in [0.1, 0.15) is 5.56 Å². The molecule has 0 aliphatic carbocycles. The molecule has 0 unspecified atom stereocenters. The summed E-state index contributed by atoms with van der Waals surface area (Å²) in [6.07, 6.45) is 3.04. The maximum absolute atomic E-state index is 12.0. The number of halogens is 1. The van der Waals surface area contributed by atoms with Crippen LogP contribution in [0.25, 0.3) is 5.69 Å². The normalized spacial score (nSPS) is 11.0. The number of aromatic nitrogens is 2. The van der Waals surface area contributed by atoms with Crippen molar-refractivity contribution in [2.24, 2.45) is 5.10 Å². The van der Waals surface area contributed by atoms with Gasteiger partial charge in [-0.05, 0) is 36.8 Å². The molecule has 9 heteroatoms. The molecule has 0 fully saturated rings. The summed E-state index contributed by atoms with van der Waals surface area (Å²) in [7, 11) is 0. The lowest BCUT2D eigenvalue weighted by Crippen LogP contribution is -2.21. The number of aromatic hydroxyl groups is 1. The van der Waals surface area contributed by atoms with Crippen molar-refractivity contribution in [2.45, 2.75) is 26.2 Å². The Morgan fingerprint density at radius 3 is 2.96 bits per heavy atom. The lowest BCUT2D eigenvalue weighted by molar-refractivity contribution is -0.121. The smallest absolute Gasteiger partial charge is 0.264 e. The van der Waals surface area contributed by atoms with Gasteiger partial charge in [0.25, 0.3) is 5.56 Å². The molecule has 2 rings (SSSR count). The van der Waals surface area contributed by atoms with Gasteiger partial charge in [0.05, 0.1) is 11.9 Å². The van der Waals surface area contributed by atoms with E-state index in [4.69, 9.17) is 23.8 Å². The number of nitrogens with zero attached hydrogens (tertiary/aromatic N) is 2. The van der Waals surface area contributed by atoms with Crippen LogP contribution in [0.2, 0.25) is 5.02 Å². The highest BCUT2D eigenvalue weighted by Gasteiger charge is 2.13. The number of nitrogens with one attached hydrogen (secondary N) is 2. The summed E-state index contributed by atoms with van der Waals surface area (Å²) < 4.78 is 1.26. The number of hydrazone groups is 1. The zero-order valence-electron chi connectivity index (χ0n) is 13.5. The van der Waals surface area contributed by atoms with E-state index in [1.54, 1.807) is 24.3 Å². The molecular weight excluding hydrogens is 364 g/mol. The molecule has 0 saturated carbocycles. The summed E-state index contributed by atoms with van der Waals surface area (Å²) in [6.45, 7) is 1.97. The molecule has 2 aromatic rings. The highest BCUT2D eigenvalue weighted by atomic mass is 35.5. The van der Waals surface area contributed by atoms with Crippen molar-refractivity contribution in [2.75, 3.05) is 0 Å². The SMILES string of the molecule is CCCCC(=O)NN=Cc1c(O)n(-c2cccc(Cl)c2)c(=S)[nH]c1=O. The van der Waals surface area contributed by atoms with E-state index in [0.29, 0.717) is 17.1 Å². The molecule has 0 aliphatic heterocycles. The lowest BCUT2D eigenvalue weighted by Gasteiger charge is -2.11. The van der Waals surface area contributed by atoms with Gasteiger partial charge in [-0.1, -0.05) is 31.0 Å². The Labute approximate surface area is 154 Å². The van der Waals surface area contributed by atoms with Crippen molar-refractivity contribution in [1.29, 1.82) is 0 Å². The summed E-state index contributed by atoms with van der Waals surface area (Å²) in [4.78, 5) is 26.0. The first-order valence-corrected chi connectivity index (χ1v) is 8.38. The maximum Gasteiger partial charge on any atom is 0.264 e. The number of hydrogen-bond donors (Lipinski definition) is 3. The number of hydrogen-bond acceptors (Lipinski definition) is 5. The predicted molar refractivity (Wildman–Crippen MR) is 99.2 cm³/mol. The molecular formula is C16H17ClN4O3S. The largest absolute Gasteiger partial charge is 0.494 e. The second kappa shape index (κ2) is 8.59. The Balaban J connectivity index is 2.37. The molecule has 0 radical (unpaired) electrons. The minimum absolute atomic E-state index is 0.00824. The molecule has 1 aromatic carbocycles. The summed E-state index contributed by atoms with van der Waals surface area (Å²) in [5.41, 5.74) is 2.04. The quantitative estimate of drug-likeness (QED) is 0.407. The second-order valence-corrected chi connectivity index (χ2v) is 6.03. The third kappa shape index (κ3) is 4.77. The Morgan fingerprint density at radius 2 is 2.28 bits per heavy atom. The molecule has 1 heterocycles. The number of carbonyl (C=O) groups is 1. The fourth-order valence-corrected chi connectivity index (χ4v) is 2.54. The van der Waals surface area contributed by atoms with Gasteiger partial charge >= 0.3 is 0 Å². The minimum Gasteiger partial charge on any atom is -0.494 e. The zero-order valence-corrected chi connectivity index (χ0v) is 15.0. The first kappa shape index (κ1) is 18.9. The average Bonchev–Trinajstić information content (AvgIpc) is 2.55. The highest BCUT2D eigenvalue weighted by molar-refractivity contribution is 7.71. The van der Waals surface area contributed by atoms with E-state index < -0.39 is 11.4 Å². The third-order valence-corrected chi connectivity index (χ3v) is 3.85. The average molecular weight is 381 g/mol. The highest BCUT2D eigenvalue weighted by Crippen LogP contribution is 2.21. The van der Waals surface area contributed by atoms with Crippen LogP contribution in [-0.2, 0) is 4.79 Å². The van der Waals surface area contributed by atoms with Gasteiger partial charge in [0.2, 0.25) is 11.8 Å². The van der Waals surface area contributed by atoms with E-state index in [2.05, 4.69) is 15.5 Å². The molecule has 0 aliphatic rings. The van der Waals surface area contributed by atoms with Crippen LogP contribution in [0.3, 0.4) is 0 Å². The van der Waals surface area contributed by atoms with Crippen LogP contribution in [0.1, 0.15) is 31.7 Å². The first-order valence-electron chi connectivity index (χ1n) is 7.60.